The third-order valence-corrected chi connectivity index (χ3v) is 10.8. The fourth-order valence-electron chi connectivity index (χ4n) is 5.26. The van der Waals surface area contributed by atoms with Crippen molar-refractivity contribution in [1.82, 2.24) is 0 Å². The van der Waals surface area contributed by atoms with Crippen LogP contribution in [0.5, 0.6) is 0 Å². The minimum Gasteiger partial charge on any atom is -0.394 e. The van der Waals surface area contributed by atoms with Gasteiger partial charge in [0, 0.05) is 24.3 Å². The van der Waals surface area contributed by atoms with E-state index in [1.165, 1.54) is 38.5 Å². The molecule has 2 rings (SSSR count). The highest BCUT2D eigenvalue weighted by atomic mass is 28.4. The van der Waals surface area contributed by atoms with Crippen molar-refractivity contribution in [3.63, 3.8) is 0 Å². The van der Waals surface area contributed by atoms with Crippen molar-refractivity contribution in [1.29, 1.82) is 0 Å². The molecule has 3 heteroatoms. The van der Waals surface area contributed by atoms with E-state index in [1.807, 2.05) is 0 Å². The van der Waals surface area contributed by atoms with E-state index in [9.17, 15) is 0 Å². The van der Waals surface area contributed by atoms with Crippen molar-refractivity contribution >= 4 is 8.56 Å². The van der Waals surface area contributed by atoms with Gasteiger partial charge < -0.3 is 8.85 Å². The van der Waals surface area contributed by atoms with Gasteiger partial charge in [-0.2, -0.15) is 0 Å². The van der Waals surface area contributed by atoms with Crippen LogP contribution in [0.15, 0.2) is 0 Å². The van der Waals surface area contributed by atoms with Crippen LogP contribution in [-0.4, -0.2) is 21.8 Å². The molecule has 2 fully saturated rings. The molecule has 124 valence electrons. The zero-order chi connectivity index (χ0) is 15.5. The second-order valence-electron chi connectivity index (χ2n) is 7.72. The predicted molar refractivity (Wildman–Crippen MR) is 91.7 cm³/mol. The Morgan fingerprint density at radius 3 is 1.86 bits per heavy atom. The summed E-state index contributed by atoms with van der Waals surface area (Å²) in [5, 5.41) is 0. The van der Waals surface area contributed by atoms with E-state index in [4.69, 9.17) is 8.85 Å². The van der Waals surface area contributed by atoms with Crippen molar-refractivity contribution < 1.29 is 8.85 Å². The van der Waals surface area contributed by atoms with Gasteiger partial charge in [-0.25, -0.2) is 0 Å². The van der Waals surface area contributed by atoms with Gasteiger partial charge in [0.1, 0.15) is 0 Å². The Balaban J connectivity index is 2.28. The monoisotopic (exact) mass is 312 g/mol. The van der Waals surface area contributed by atoms with Crippen molar-refractivity contribution in [2.45, 2.75) is 84.2 Å². The molecular weight excluding hydrogens is 276 g/mol. The summed E-state index contributed by atoms with van der Waals surface area (Å²) in [6, 6.07) is 0. The van der Waals surface area contributed by atoms with Gasteiger partial charge in [0.15, 0.2) is 0 Å². The van der Waals surface area contributed by atoms with E-state index >= 15 is 0 Å². The van der Waals surface area contributed by atoms with Crippen LogP contribution in [0.2, 0.25) is 11.1 Å². The summed E-state index contributed by atoms with van der Waals surface area (Å²) >= 11 is 0. The maximum atomic E-state index is 6.58. The van der Waals surface area contributed by atoms with E-state index in [0.29, 0.717) is 5.54 Å². The summed E-state index contributed by atoms with van der Waals surface area (Å²) in [5.41, 5.74) is 1.43. The Morgan fingerprint density at radius 1 is 0.857 bits per heavy atom. The smallest absolute Gasteiger partial charge is 0.344 e. The fourth-order valence-corrected chi connectivity index (χ4v) is 10.8. The first-order valence-electron chi connectivity index (χ1n) is 9.31. The molecule has 2 nitrogen and oxygen atoms in total. The molecule has 0 N–H and O–H groups in total. The molecule has 4 unspecified atom stereocenters. The Labute approximate surface area is 133 Å². The van der Waals surface area contributed by atoms with Crippen molar-refractivity contribution in [3.8, 4) is 0 Å². The average molecular weight is 313 g/mol. The molecule has 2 aliphatic carbocycles. The molecule has 4 atom stereocenters. The summed E-state index contributed by atoms with van der Waals surface area (Å²) in [7, 11) is -2.11. The quantitative estimate of drug-likeness (QED) is 0.601. The van der Waals surface area contributed by atoms with Gasteiger partial charge in [-0.05, 0) is 57.3 Å². The summed E-state index contributed by atoms with van der Waals surface area (Å²) in [4.78, 5) is 0. The van der Waals surface area contributed by atoms with Gasteiger partial charge in [0.25, 0.3) is 0 Å². The highest BCUT2D eigenvalue weighted by Crippen LogP contribution is 2.54. The summed E-state index contributed by atoms with van der Waals surface area (Å²) in [6.45, 7) is 13.3. The Bertz CT molecular complexity index is 304. The highest BCUT2D eigenvalue weighted by molar-refractivity contribution is 6.70. The van der Waals surface area contributed by atoms with Crippen LogP contribution >= 0.6 is 0 Å². The van der Waals surface area contributed by atoms with E-state index in [-0.39, 0.29) is 0 Å². The average Bonchev–Trinajstić information content (AvgIpc) is 2.84. The predicted octanol–water partition coefficient (Wildman–Crippen LogP) is 5.52. The van der Waals surface area contributed by atoms with Crippen molar-refractivity contribution in [3.05, 3.63) is 0 Å². The molecule has 0 aromatic carbocycles. The largest absolute Gasteiger partial charge is 0.394 e. The third-order valence-electron chi connectivity index (χ3n) is 5.87. The van der Waals surface area contributed by atoms with Crippen LogP contribution < -0.4 is 0 Å². The minimum absolute atomic E-state index is 0.710. The maximum Gasteiger partial charge on any atom is 0.344 e. The van der Waals surface area contributed by atoms with E-state index < -0.39 is 8.56 Å². The molecule has 2 aliphatic rings. The zero-order valence-corrected chi connectivity index (χ0v) is 15.9. The van der Waals surface area contributed by atoms with Gasteiger partial charge >= 0.3 is 8.56 Å². The normalized spacial score (nSPS) is 37.9. The first-order valence-corrected chi connectivity index (χ1v) is 11.3. The molecule has 0 spiro atoms. The standard InChI is InChI=1S/C18H36O2Si/c1-6-19-21(20-7-2,18-10-8-9-16(18)5)17-12-14(3)11-15(4)13-17/h14-18H,6-13H2,1-5H3. The van der Waals surface area contributed by atoms with Crippen LogP contribution in [-0.2, 0) is 8.85 Å². The molecule has 0 heterocycles. The number of hydrogen-bond acceptors (Lipinski definition) is 2. The topological polar surface area (TPSA) is 18.5 Å². The molecule has 0 radical (unpaired) electrons. The molecule has 0 aromatic heterocycles. The Hall–Kier alpha value is 0.137. The molecule has 0 aromatic rings. The van der Waals surface area contributed by atoms with Crippen LogP contribution in [0.1, 0.15) is 73.1 Å². The molecule has 0 amide bonds. The van der Waals surface area contributed by atoms with E-state index in [1.54, 1.807) is 0 Å². The van der Waals surface area contributed by atoms with Crippen LogP contribution in [0.4, 0.5) is 0 Å². The second kappa shape index (κ2) is 7.61. The number of hydrogen-bond donors (Lipinski definition) is 0. The van der Waals surface area contributed by atoms with Gasteiger partial charge in [0.05, 0.1) is 0 Å². The van der Waals surface area contributed by atoms with Gasteiger partial charge in [-0.3, -0.25) is 0 Å². The van der Waals surface area contributed by atoms with E-state index in [0.717, 1.165) is 36.5 Å². The Morgan fingerprint density at radius 2 is 1.43 bits per heavy atom. The lowest BCUT2D eigenvalue weighted by Crippen LogP contribution is -2.53. The molecule has 21 heavy (non-hydrogen) atoms. The molecular formula is C18H36O2Si. The molecule has 0 bridgehead atoms. The molecule has 2 saturated carbocycles. The lowest BCUT2D eigenvalue weighted by Gasteiger charge is -2.46. The summed E-state index contributed by atoms with van der Waals surface area (Å²) in [5.74, 6) is 2.47. The zero-order valence-electron chi connectivity index (χ0n) is 14.9. The lowest BCUT2D eigenvalue weighted by molar-refractivity contribution is 0.136. The van der Waals surface area contributed by atoms with Gasteiger partial charge in [-0.15, -0.1) is 0 Å². The third kappa shape index (κ3) is 3.73. The molecule has 0 saturated heterocycles. The highest BCUT2D eigenvalue weighted by Gasteiger charge is 2.56. The van der Waals surface area contributed by atoms with E-state index in [2.05, 4.69) is 34.6 Å². The first kappa shape index (κ1) is 17.5. The second-order valence-corrected chi connectivity index (χ2v) is 11.3. The summed E-state index contributed by atoms with van der Waals surface area (Å²) < 4.78 is 13.2. The van der Waals surface area contributed by atoms with Crippen LogP contribution in [0.25, 0.3) is 0 Å². The summed E-state index contributed by atoms with van der Waals surface area (Å²) in [6.07, 6.45) is 8.14. The number of rotatable bonds is 6. The maximum absolute atomic E-state index is 6.58. The Kier molecular flexibility index (Phi) is 6.34. The van der Waals surface area contributed by atoms with Gasteiger partial charge in [0.2, 0.25) is 0 Å². The molecule has 0 aliphatic heterocycles. The first-order chi connectivity index (χ1) is 10.0. The van der Waals surface area contributed by atoms with Gasteiger partial charge in [-0.1, -0.05) is 33.6 Å². The van der Waals surface area contributed by atoms with Crippen molar-refractivity contribution in [2.24, 2.45) is 17.8 Å². The fraction of sp³-hybridized carbons (Fsp3) is 1.00. The minimum atomic E-state index is -2.11. The SMILES string of the molecule is CCO[Si](OCC)(C1CC(C)CC(C)C1)C1CCCC1C. The lowest BCUT2D eigenvalue weighted by atomic mass is 9.83. The van der Waals surface area contributed by atoms with Crippen LogP contribution in [0, 0.1) is 17.8 Å². The van der Waals surface area contributed by atoms with Crippen LogP contribution in [0.3, 0.4) is 0 Å². The van der Waals surface area contributed by atoms with Crippen molar-refractivity contribution in [2.75, 3.05) is 13.2 Å².